The van der Waals surface area contributed by atoms with Gasteiger partial charge in [-0.3, -0.25) is 0 Å². The van der Waals surface area contributed by atoms with Gasteiger partial charge in [0.2, 0.25) is 5.95 Å². The van der Waals surface area contributed by atoms with Crippen molar-refractivity contribution in [2.45, 2.75) is 51.7 Å². The smallest absolute Gasteiger partial charge is 0.367 e. The average molecular weight is 524 g/mol. The number of halogens is 3. The maximum atomic E-state index is 13.1. The van der Waals surface area contributed by atoms with E-state index >= 15 is 0 Å². The molecular formula is C28H32F3N7. The molecule has 0 spiro atoms. The van der Waals surface area contributed by atoms with Gasteiger partial charge in [0, 0.05) is 44.1 Å². The zero-order valence-corrected chi connectivity index (χ0v) is 22.0. The van der Waals surface area contributed by atoms with E-state index in [1.807, 2.05) is 35.2 Å². The van der Waals surface area contributed by atoms with Crippen LogP contribution in [0.1, 0.15) is 50.8 Å². The van der Waals surface area contributed by atoms with Crippen molar-refractivity contribution in [3.05, 3.63) is 60.0 Å². The predicted molar refractivity (Wildman–Crippen MR) is 143 cm³/mol. The first-order valence-electron chi connectivity index (χ1n) is 13.0. The molecule has 200 valence electrons. The van der Waals surface area contributed by atoms with Crippen molar-refractivity contribution in [3.63, 3.8) is 0 Å². The number of fused-ring (bicyclic) bond motifs is 1. The van der Waals surface area contributed by atoms with Gasteiger partial charge in [0.1, 0.15) is 5.82 Å². The number of aromatic nitrogens is 5. The second-order valence-electron chi connectivity index (χ2n) is 10.3. The lowest BCUT2D eigenvalue weighted by atomic mass is 9.90. The van der Waals surface area contributed by atoms with Crippen molar-refractivity contribution < 1.29 is 13.2 Å². The molecule has 5 rings (SSSR count). The van der Waals surface area contributed by atoms with E-state index in [4.69, 9.17) is 9.97 Å². The summed E-state index contributed by atoms with van der Waals surface area (Å²) in [5.41, 5.74) is 1.95. The Morgan fingerprint density at radius 2 is 1.71 bits per heavy atom. The molecule has 4 heterocycles. The molecule has 4 aromatic rings. The molecule has 0 aliphatic carbocycles. The minimum Gasteiger partial charge on any atom is -0.367 e. The number of alkyl halides is 3. The van der Waals surface area contributed by atoms with E-state index in [-0.39, 0.29) is 6.04 Å². The fraction of sp³-hybridized carbons (Fsp3) is 0.429. The quantitative estimate of drug-likeness (QED) is 0.321. The van der Waals surface area contributed by atoms with E-state index in [0.29, 0.717) is 42.3 Å². The summed E-state index contributed by atoms with van der Waals surface area (Å²) >= 11 is 0. The van der Waals surface area contributed by atoms with Crippen LogP contribution < -0.4 is 10.2 Å². The molecule has 1 aromatic carbocycles. The van der Waals surface area contributed by atoms with Crippen LogP contribution in [-0.2, 0) is 13.2 Å². The van der Waals surface area contributed by atoms with Gasteiger partial charge < -0.3 is 14.8 Å². The SMILES string of the molecule is CC(C)c1ccccc1-c1nc(N[C@@H](C)C2CCN(c3nc(C(F)(F)F)cn3C)CC2)c2cccnc2n1. The van der Waals surface area contributed by atoms with Crippen molar-refractivity contribution in [1.82, 2.24) is 24.5 Å². The number of benzene rings is 1. The first-order valence-corrected chi connectivity index (χ1v) is 13.0. The summed E-state index contributed by atoms with van der Waals surface area (Å²) in [7, 11) is 1.61. The molecule has 1 aliphatic rings. The van der Waals surface area contributed by atoms with Crippen LogP contribution in [0.25, 0.3) is 22.4 Å². The predicted octanol–water partition coefficient (Wildman–Crippen LogP) is 6.28. The van der Waals surface area contributed by atoms with Gasteiger partial charge in [0.25, 0.3) is 0 Å². The van der Waals surface area contributed by atoms with E-state index in [2.05, 4.69) is 42.1 Å². The van der Waals surface area contributed by atoms with Crippen molar-refractivity contribution in [2.24, 2.45) is 13.0 Å². The number of hydrogen-bond acceptors (Lipinski definition) is 6. The Hall–Kier alpha value is -3.69. The number of anilines is 2. The monoisotopic (exact) mass is 523 g/mol. The number of nitrogens with zero attached hydrogens (tertiary/aromatic N) is 6. The molecule has 1 aliphatic heterocycles. The number of nitrogens with one attached hydrogen (secondary N) is 1. The highest BCUT2D eigenvalue weighted by Gasteiger charge is 2.36. The Kier molecular flexibility index (Phi) is 6.98. The third-order valence-corrected chi connectivity index (χ3v) is 7.33. The third-order valence-electron chi connectivity index (χ3n) is 7.33. The van der Waals surface area contributed by atoms with Crippen molar-refractivity contribution in [3.8, 4) is 11.4 Å². The first-order chi connectivity index (χ1) is 18.1. The van der Waals surface area contributed by atoms with Gasteiger partial charge in [0.05, 0.1) is 5.39 Å². The van der Waals surface area contributed by atoms with Crippen LogP contribution in [0.2, 0.25) is 0 Å². The van der Waals surface area contributed by atoms with Gasteiger partial charge in [-0.1, -0.05) is 38.1 Å². The van der Waals surface area contributed by atoms with Gasteiger partial charge >= 0.3 is 6.18 Å². The van der Waals surface area contributed by atoms with Crippen LogP contribution in [0.4, 0.5) is 24.9 Å². The number of piperidine rings is 1. The highest BCUT2D eigenvalue weighted by Crippen LogP contribution is 2.33. The molecule has 1 fully saturated rings. The van der Waals surface area contributed by atoms with Crippen molar-refractivity contribution >= 4 is 22.8 Å². The number of pyridine rings is 1. The van der Waals surface area contributed by atoms with Crippen molar-refractivity contribution in [2.75, 3.05) is 23.3 Å². The van der Waals surface area contributed by atoms with Crippen LogP contribution in [0.5, 0.6) is 0 Å². The average Bonchev–Trinajstić information content (AvgIpc) is 3.31. The van der Waals surface area contributed by atoms with Crippen LogP contribution in [-0.4, -0.2) is 43.6 Å². The van der Waals surface area contributed by atoms with E-state index in [1.165, 1.54) is 10.1 Å². The minimum atomic E-state index is -4.45. The molecule has 3 aromatic heterocycles. The summed E-state index contributed by atoms with van der Waals surface area (Å²) < 4.78 is 40.8. The second-order valence-corrected chi connectivity index (χ2v) is 10.3. The lowest BCUT2D eigenvalue weighted by molar-refractivity contribution is -0.140. The molecular weight excluding hydrogens is 491 g/mol. The lowest BCUT2D eigenvalue weighted by Gasteiger charge is -2.35. The summed E-state index contributed by atoms with van der Waals surface area (Å²) in [4.78, 5) is 20.0. The number of imidazole rings is 1. The molecule has 1 atom stereocenters. The standard InChI is InChI=1S/C28H32F3N7/c1-17(2)20-8-5-6-9-21(20)25-35-24-22(10-7-13-32-24)26(36-25)33-18(3)19-11-14-38(15-12-19)27-34-23(16-37(27)4)28(29,30)31/h5-10,13,16-19H,11-12,14-15H2,1-4H3,(H,32,33,35,36)/t18-/m0/s1. The van der Waals surface area contributed by atoms with E-state index < -0.39 is 11.9 Å². The fourth-order valence-electron chi connectivity index (χ4n) is 5.22. The van der Waals surface area contributed by atoms with Crippen LogP contribution in [0, 0.1) is 5.92 Å². The minimum absolute atomic E-state index is 0.0933. The van der Waals surface area contributed by atoms with Crippen LogP contribution in [0.3, 0.4) is 0 Å². The maximum absolute atomic E-state index is 13.1. The Morgan fingerprint density at radius 3 is 2.39 bits per heavy atom. The normalized spacial score (nSPS) is 15.8. The molecule has 0 bridgehead atoms. The molecule has 0 saturated carbocycles. The summed E-state index contributed by atoms with van der Waals surface area (Å²) in [6, 6.07) is 12.1. The first kappa shape index (κ1) is 25.9. The summed E-state index contributed by atoms with van der Waals surface area (Å²) in [5, 5.41) is 4.48. The molecule has 0 radical (unpaired) electrons. The van der Waals surface area contributed by atoms with Gasteiger partial charge in [-0.05, 0) is 49.3 Å². The van der Waals surface area contributed by atoms with Gasteiger partial charge in [0.15, 0.2) is 17.2 Å². The molecule has 1 N–H and O–H groups in total. The highest BCUT2D eigenvalue weighted by atomic mass is 19.4. The van der Waals surface area contributed by atoms with E-state index in [0.717, 1.165) is 35.8 Å². The number of rotatable bonds is 6. The van der Waals surface area contributed by atoms with Gasteiger partial charge in [-0.15, -0.1) is 0 Å². The molecule has 7 nitrogen and oxygen atoms in total. The number of hydrogen-bond donors (Lipinski definition) is 1. The highest BCUT2D eigenvalue weighted by molar-refractivity contribution is 5.88. The molecule has 1 saturated heterocycles. The second kappa shape index (κ2) is 10.2. The Bertz CT molecular complexity index is 1420. The van der Waals surface area contributed by atoms with E-state index in [1.54, 1.807) is 13.2 Å². The van der Waals surface area contributed by atoms with Gasteiger partial charge in [-0.25, -0.2) is 19.9 Å². The van der Waals surface area contributed by atoms with Crippen molar-refractivity contribution in [1.29, 1.82) is 0 Å². The van der Waals surface area contributed by atoms with E-state index in [9.17, 15) is 13.2 Å². The topological polar surface area (TPSA) is 71.8 Å². The third kappa shape index (κ3) is 5.16. The van der Waals surface area contributed by atoms with Gasteiger partial charge in [-0.2, -0.15) is 13.2 Å². The Morgan fingerprint density at radius 1 is 0.974 bits per heavy atom. The largest absolute Gasteiger partial charge is 0.434 e. The lowest BCUT2D eigenvalue weighted by Crippen LogP contribution is -2.40. The Balaban J connectivity index is 1.35. The summed E-state index contributed by atoms with van der Waals surface area (Å²) in [5.74, 6) is 2.38. The van der Waals surface area contributed by atoms with Crippen LogP contribution in [0.15, 0.2) is 48.8 Å². The van der Waals surface area contributed by atoms with Crippen LogP contribution >= 0.6 is 0 Å². The molecule has 38 heavy (non-hydrogen) atoms. The molecule has 0 amide bonds. The Labute approximate surface area is 220 Å². The molecule has 10 heteroatoms. The summed E-state index contributed by atoms with van der Waals surface area (Å²) in [6.45, 7) is 7.71. The fourth-order valence-corrected chi connectivity index (χ4v) is 5.22. The number of aryl methyl sites for hydroxylation is 1. The summed E-state index contributed by atoms with van der Waals surface area (Å²) in [6.07, 6.45) is -0.0110. The zero-order chi connectivity index (χ0) is 27.0. The molecule has 0 unspecified atom stereocenters. The maximum Gasteiger partial charge on any atom is 0.434 e. The zero-order valence-electron chi connectivity index (χ0n) is 22.0.